The number of hydrogen-bond donors (Lipinski definition) is 0. The van der Waals surface area contributed by atoms with Gasteiger partial charge in [0.05, 0.1) is 5.92 Å². The number of benzene rings is 1. The van der Waals surface area contributed by atoms with Crippen molar-refractivity contribution in [1.29, 1.82) is 0 Å². The molecular weight excluding hydrogens is 368 g/mol. The number of esters is 1. The van der Waals surface area contributed by atoms with E-state index in [4.69, 9.17) is 4.74 Å². The first kappa shape index (κ1) is 18.0. The highest BCUT2D eigenvalue weighted by atomic mass is 16.6. The molecule has 7 rings (SSSR count). The van der Waals surface area contributed by atoms with E-state index in [-0.39, 0.29) is 11.9 Å². The van der Waals surface area contributed by atoms with Gasteiger partial charge in [-0.1, -0.05) is 42.5 Å². The summed E-state index contributed by atoms with van der Waals surface area (Å²) in [6.07, 6.45) is 9.25. The van der Waals surface area contributed by atoms with Crippen molar-refractivity contribution >= 4 is 5.97 Å². The van der Waals surface area contributed by atoms with Gasteiger partial charge in [-0.25, -0.2) is 0 Å². The van der Waals surface area contributed by atoms with Gasteiger partial charge in [0.1, 0.15) is 5.60 Å². The topological polar surface area (TPSA) is 26.3 Å². The van der Waals surface area contributed by atoms with Crippen molar-refractivity contribution in [3.05, 3.63) is 48.0 Å². The molecule has 0 radical (unpaired) electrons. The molecular formula is C28H34O2. The number of hydrogen-bond acceptors (Lipinski definition) is 2. The second-order valence-electron chi connectivity index (χ2n) is 12.4. The van der Waals surface area contributed by atoms with Gasteiger partial charge in [0.25, 0.3) is 0 Å². The van der Waals surface area contributed by atoms with Gasteiger partial charge in [0.2, 0.25) is 0 Å². The first-order chi connectivity index (χ1) is 14.4. The Hall–Kier alpha value is -1.57. The summed E-state index contributed by atoms with van der Waals surface area (Å²) in [4.78, 5) is 13.6. The summed E-state index contributed by atoms with van der Waals surface area (Å²) in [6.45, 7) is 6.05. The highest BCUT2D eigenvalue weighted by Gasteiger charge is 2.73. The van der Waals surface area contributed by atoms with Gasteiger partial charge in [0.15, 0.2) is 0 Å². The van der Waals surface area contributed by atoms with E-state index in [2.05, 4.69) is 42.5 Å². The van der Waals surface area contributed by atoms with Crippen LogP contribution in [0.4, 0.5) is 0 Å². The summed E-state index contributed by atoms with van der Waals surface area (Å²) >= 11 is 0. The molecule has 6 aliphatic rings. The molecule has 0 aromatic heterocycles. The fraction of sp³-hybridized carbons (Fsp3) is 0.679. The first-order valence-corrected chi connectivity index (χ1v) is 12.4. The number of carbonyl (C=O) groups is 1. The third-order valence-corrected chi connectivity index (χ3v) is 10.3. The van der Waals surface area contributed by atoms with Crippen LogP contribution in [0.25, 0.3) is 0 Å². The van der Waals surface area contributed by atoms with Crippen molar-refractivity contribution in [3.8, 4) is 0 Å². The third-order valence-electron chi connectivity index (χ3n) is 10.3. The Bertz CT molecular complexity index is 910. The van der Waals surface area contributed by atoms with Crippen LogP contribution in [-0.2, 0) is 9.53 Å². The highest BCUT2D eigenvalue weighted by molar-refractivity contribution is 5.76. The van der Waals surface area contributed by atoms with Crippen LogP contribution in [0.3, 0.4) is 0 Å². The normalized spacial score (nSPS) is 51.4. The van der Waals surface area contributed by atoms with Crippen molar-refractivity contribution in [3.63, 3.8) is 0 Å². The van der Waals surface area contributed by atoms with Crippen LogP contribution in [0, 0.1) is 65.1 Å². The maximum atomic E-state index is 13.6. The number of allylic oxidation sites excluding steroid dienone is 2. The van der Waals surface area contributed by atoms with Crippen LogP contribution >= 0.6 is 0 Å². The van der Waals surface area contributed by atoms with Crippen LogP contribution < -0.4 is 0 Å². The molecule has 0 heterocycles. The maximum absolute atomic E-state index is 13.6. The lowest BCUT2D eigenvalue weighted by Crippen LogP contribution is -2.46. The second-order valence-corrected chi connectivity index (χ2v) is 12.4. The smallest absolute Gasteiger partial charge is 0.310 e. The minimum Gasteiger partial charge on any atom is -0.460 e. The molecule has 30 heavy (non-hydrogen) atoms. The van der Waals surface area contributed by atoms with Crippen LogP contribution in [0.5, 0.6) is 0 Å². The zero-order valence-electron chi connectivity index (χ0n) is 18.4. The fourth-order valence-electron chi connectivity index (χ4n) is 10.1. The molecule has 6 bridgehead atoms. The molecule has 158 valence electrons. The quantitative estimate of drug-likeness (QED) is 0.360. The molecule has 0 saturated heterocycles. The van der Waals surface area contributed by atoms with Crippen LogP contribution in [0.15, 0.2) is 42.5 Å². The minimum absolute atomic E-state index is 0.0600. The summed E-state index contributed by atoms with van der Waals surface area (Å²) in [7, 11) is 0. The predicted molar refractivity (Wildman–Crippen MR) is 116 cm³/mol. The summed E-state index contributed by atoms with van der Waals surface area (Å²) in [6, 6.07) is 11.0. The number of carbonyl (C=O) groups excluding carboxylic acids is 1. The Morgan fingerprint density at radius 1 is 0.800 bits per heavy atom. The zero-order chi connectivity index (χ0) is 20.4. The van der Waals surface area contributed by atoms with Crippen molar-refractivity contribution in [2.45, 2.75) is 51.6 Å². The SMILES string of the molecule is CC(C)(C)OC(=O)C1C2CC(C1c1ccccc1)C1C3CC(C4C5C=CC(C5)C34)C21. The Balaban J connectivity index is 1.28. The molecule has 5 saturated carbocycles. The van der Waals surface area contributed by atoms with E-state index in [1.807, 2.05) is 20.8 Å². The van der Waals surface area contributed by atoms with E-state index >= 15 is 0 Å². The summed E-state index contributed by atoms with van der Waals surface area (Å²) in [5.41, 5.74) is 0.973. The van der Waals surface area contributed by atoms with Gasteiger partial charge in [-0.3, -0.25) is 4.79 Å². The lowest BCUT2D eigenvalue weighted by atomic mass is 9.56. The molecule has 2 heteroatoms. The summed E-state index contributed by atoms with van der Waals surface area (Å²) < 4.78 is 6.04. The van der Waals surface area contributed by atoms with Crippen LogP contribution in [0.2, 0.25) is 0 Å². The van der Waals surface area contributed by atoms with Gasteiger partial charge < -0.3 is 4.74 Å². The van der Waals surface area contributed by atoms with Crippen LogP contribution in [0.1, 0.15) is 51.5 Å². The fourth-order valence-corrected chi connectivity index (χ4v) is 10.1. The average molecular weight is 403 g/mol. The second kappa shape index (κ2) is 5.81. The Kier molecular flexibility index (Phi) is 3.49. The van der Waals surface area contributed by atoms with Crippen molar-refractivity contribution in [1.82, 2.24) is 0 Å². The van der Waals surface area contributed by atoms with E-state index in [0.29, 0.717) is 17.8 Å². The third kappa shape index (κ3) is 2.19. The zero-order valence-corrected chi connectivity index (χ0v) is 18.4. The summed E-state index contributed by atoms with van der Waals surface area (Å²) in [5, 5.41) is 0. The highest BCUT2D eigenvalue weighted by Crippen LogP contribution is 2.78. The largest absolute Gasteiger partial charge is 0.460 e. The van der Waals surface area contributed by atoms with E-state index in [0.717, 1.165) is 47.3 Å². The molecule has 2 nitrogen and oxygen atoms in total. The Morgan fingerprint density at radius 2 is 1.40 bits per heavy atom. The van der Waals surface area contributed by atoms with Crippen molar-refractivity contribution in [2.75, 3.05) is 0 Å². The molecule has 0 N–H and O–H groups in total. The van der Waals surface area contributed by atoms with E-state index in [1.54, 1.807) is 0 Å². The Labute approximate surface area is 180 Å². The molecule has 5 fully saturated rings. The Morgan fingerprint density at radius 3 is 2.03 bits per heavy atom. The van der Waals surface area contributed by atoms with Gasteiger partial charge in [-0.15, -0.1) is 0 Å². The number of rotatable bonds is 2. The minimum atomic E-state index is -0.408. The number of fused-ring (bicyclic) bond motifs is 16. The van der Waals surface area contributed by atoms with E-state index in [1.165, 1.54) is 24.8 Å². The predicted octanol–water partition coefficient (Wildman–Crippen LogP) is 5.70. The lowest BCUT2D eigenvalue weighted by molar-refractivity contribution is -0.165. The van der Waals surface area contributed by atoms with Crippen molar-refractivity contribution in [2.24, 2.45) is 65.1 Å². The van der Waals surface area contributed by atoms with Gasteiger partial charge >= 0.3 is 5.97 Å². The molecule has 0 amide bonds. The maximum Gasteiger partial charge on any atom is 0.310 e. The number of ether oxygens (including phenoxy) is 1. The van der Waals surface area contributed by atoms with Crippen LogP contribution in [-0.4, -0.2) is 11.6 Å². The van der Waals surface area contributed by atoms with Gasteiger partial charge in [0, 0.05) is 5.92 Å². The van der Waals surface area contributed by atoms with Crippen molar-refractivity contribution < 1.29 is 9.53 Å². The standard InChI is InChI=1S/C28H34O2/c1-28(2,3)30-27(29)26-20-13-17(21(26)14-7-5-4-6-8-14)24-18-12-19(25(20)24)23-16-10-9-15(11-16)22(18)23/h4-10,15-26H,11-13H2,1-3H3. The molecule has 6 aliphatic carbocycles. The molecule has 1 aromatic rings. The van der Waals surface area contributed by atoms with E-state index in [9.17, 15) is 4.79 Å². The van der Waals surface area contributed by atoms with Gasteiger partial charge in [-0.2, -0.15) is 0 Å². The molecule has 12 unspecified atom stereocenters. The molecule has 0 aliphatic heterocycles. The first-order valence-electron chi connectivity index (χ1n) is 12.4. The van der Waals surface area contributed by atoms with E-state index < -0.39 is 5.60 Å². The van der Waals surface area contributed by atoms with Gasteiger partial charge in [-0.05, 0) is 105 Å². The lowest BCUT2D eigenvalue weighted by Gasteiger charge is -2.48. The monoisotopic (exact) mass is 402 g/mol. The summed E-state index contributed by atoms with van der Waals surface area (Å²) in [5.74, 6) is 8.77. The molecule has 1 aromatic carbocycles. The average Bonchev–Trinajstić information content (AvgIpc) is 3.52. The molecule has 12 atom stereocenters. The molecule has 0 spiro atoms.